The van der Waals surface area contributed by atoms with Crippen molar-refractivity contribution in [3.8, 4) is 0 Å². The van der Waals surface area contributed by atoms with Gasteiger partial charge in [0.2, 0.25) is 11.8 Å². The molecule has 0 aliphatic heterocycles. The number of hydrogen-bond acceptors (Lipinski definition) is 3. The summed E-state index contributed by atoms with van der Waals surface area (Å²) in [6.45, 7) is 1.95. The van der Waals surface area contributed by atoms with Crippen LogP contribution in [0.3, 0.4) is 0 Å². The molecule has 0 aliphatic carbocycles. The lowest BCUT2D eigenvalue weighted by Gasteiger charge is -2.10. The van der Waals surface area contributed by atoms with Crippen LogP contribution in [0.15, 0.2) is 53.0 Å². The number of nitrogens with one attached hydrogen (secondary N) is 3. The fraction of sp³-hybridized carbons (Fsp3) is 0.176. The minimum atomic E-state index is -0.160. The zero-order valence-corrected chi connectivity index (χ0v) is 14.3. The van der Waals surface area contributed by atoms with E-state index in [1.165, 1.54) is 0 Å². The van der Waals surface area contributed by atoms with E-state index in [9.17, 15) is 9.59 Å². The van der Waals surface area contributed by atoms with Crippen molar-refractivity contribution in [1.82, 2.24) is 0 Å². The quantitative estimate of drug-likeness (QED) is 0.717. The summed E-state index contributed by atoms with van der Waals surface area (Å²) in [7, 11) is 0. The van der Waals surface area contributed by atoms with Gasteiger partial charge in [0, 0.05) is 28.0 Å². The molecule has 2 aromatic rings. The summed E-state index contributed by atoms with van der Waals surface area (Å²) in [4.78, 5) is 23.4. The maximum absolute atomic E-state index is 12.0. The molecule has 5 nitrogen and oxygen atoms in total. The first kappa shape index (κ1) is 17.0. The largest absolute Gasteiger partial charge is 0.376 e. The lowest BCUT2D eigenvalue weighted by Crippen LogP contribution is -2.21. The van der Waals surface area contributed by atoms with E-state index in [0.717, 1.165) is 10.2 Å². The topological polar surface area (TPSA) is 70.2 Å². The van der Waals surface area contributed by atoms with Crippen molar-refractivity contribution >= 4 is 44.8 Å². The van der Waals surface area contributed by atoms with Crippen LogP contribution in [0.2, 0.25) is 0 Å². The summed E-state index contributed by atoms with van der Waals surface area (Å²) in [5.74, 6) is -0.225. The van der Waals surface area contributed by atoms with E-state index in [4.69, 9.17) is 0 Å². The number of benzene rings is 2. The van der Waals surface area contributed by atoms with Gasteiger partial charge in [-0.15, -0.1) is 0 Å². The normalized spacial score (nSPS) is 10.0. The van der Waals surface area contributed by atoms with Gasteiger partial charge in [0.1, 0.15) is 0 Å². The van der Waals surface area contributed by atoms with Crippen LogP contribution in [0.1, 0.15) is 13.3 Å². The van der Waals surface area contributed by atoms with E-state index in [0.29, 0.717) is 17.8 Å². The Morgan fingerprint density at radius 3 is 2.13 bits per heavy atom. The Kier molecular flexibility index (Phi) is 6.17. The summed E-state index contributed by atoms with van der Waals surface area (Å²) in [5, 5.41) is 8.60. The molecule has 6 heteroatoms. The minimum Gasteiger partial charge on any atom is -0.376 e. The highest BCUT2D eigenvalue weighted by molar-refractivity contribution is 9.10. The van der Waals surface area contributed by atoms with Crippen LogP contribution in [-0.2, 0) is 9.59 Å². The molecule has 0 saturated heterocycles. The van der Waals surface area contributed by atoms with Gasteiger partial charge in [0.05, 0.1) is 6.54 Å². The number of carbonyl (C=O) groups is 2. The Morgan fingerprint density at radius 2 is 1.52 bits per heavy atom. The molecular weight excluding hydrogens is 358 g/mol. The Bertz CT molecular complexity index is 686. The lowest BCUT2D eigenvalue weighted by molar-refractivity contribution is -0.116. The first-order valence-corrected chi connectivity index (χ1v) is 8.05. The van der Waals surface area contributed by atoms with Crippen molar-refractivity contribution < 1.29 is 9.59 Å². The van der Waals surface area contributed by atoms with Gasteiger partial charge in [-0.1, -0.05) is 28.9 Å². The van der Waals surface area contributed by atoms with Gasteiger partial charge in [-0.25, -0.2) is 0 Å². The molecule has 0 fully saturated rings. The fourth-order valence-corrected chi connectivity index (χ4v) is 2.14. The molecule has 0 aromatic heterocycles. The van der Waals surface area contributed by atoms with Gasteiger partial charge >= 0.3 is 0 Å². The van der Waals surface area contributed by atoms with Gasteiger partial charge < -0.3 is 16.0 Å². The Labute approximate surface area is 143 Å². The number of hydrogen-bond donors (Lipinski definition) is 3. The van der Waals surface area contributed by atoms with Crippen LogP contribution in [0.5, 0.6) is 0 Å². The molecule has 120 valence electrons. The maximum Gasteiger partial charge on any atom is 0.243 e. The maximum atomic E-state index is 12.0. The van der Waals surface area contributed by atoms with Crippen molar-refractivity contribution in [2.75, 3.05) is 22.5 Å². The molecule has 0 spiro atoms. The molecule has 0 radical (unpaired) electrons. The molecule has 0 unspecified atom stereocenters. The highest BCUT2D eigenvalue weighted by Gasteiger charge is 2.04. The number of carbonyl (C=O) groups excluding carboxylic acids is 2. The van der Waals surface area contributed by atoms with Gasteiger partial charge in [0.25, 0.3) is 0 Å². The lowest BCUT2D eigenvalue weighted by atomic mass is 10.2. The first-order chi connectivity index (χ1) is 11.1. The fourth-order valence-electron chi connectivity index (χ4n) is 1.88. The molecular formula is C17H18BrN3O2. The molecule has 0 atom stereocenters. The average molecular weight is 376 g/mol. The van der Waals surface area contributed by atoms with E-state index in [2.05, 4.69) is 31.9 Å². The third-order valence-corrected chi connectivity index (χ3v) is 3.58. The second kappa shape index (κ2) is 8.33. The molecule has 3 N–H and O–H groups in total. The molecule has 2 aromatic carbocycles. The Balaban J connectivity index is 1.88. The molecule has 23 heavy (non-hydrogen) atoms. The second-order valence-electron chi connectivity index (χ2n) is 4.89. The van der Waals surface area contributed by atoms with Gasteiger partial charge in [-0.2, -0.15) is 0 Å². The third kappa shape index (κ3) is 5.75. The predicted molar refractivity (Wildman–Crippen MR) is 96.6 cm³/mol. The van der Waals surface area contributed by atoms with Gasteiger partial charge in [-0.3, -0.25) is 9.59 Å². The van der Waals surface area contributed by atoms with Crippen LogP contribution in [-0.4, -0.2) is 18.4 Å². The van der Waals surface area contributed by atoms with Crippen molar-refractivity contribution in [1.29, 1.82) is 0 Å². The molecule has 0 aliphatic rings. The van der Waals surface area contributed by atoms with Gasteiger partial charge in [-0.05, 0) is 42.5 Å². The number of halogens is 1. The summed E-state index contributed by atoms with van der Waals surface area (Å²) >= 11 is 3.36. The predicted octanol–water partition coefficient (Wildman–Crippen LogP) is 3.85. The summed E-state index contributed by atoms with van der Waals surface area (Å²) in [5.41, 5.74) is 2.17. The Hall–Kier alpha value is -2.34. The molecule has 0 saturated carbocycles. The van der Waals surface area contributed by atoms with E-state index in [-0.39, 0.29) is 18.4 Å². The van der Waals surface area contributed by atoms with Crippen molar-refractivity contribution in [2.24, 2.45) is 0 Å². The smallest absolute Gasteiger partial charge is 0.243 e. The van der Waals surface area contributed by atoms with Crippen molar-refractivity contribution in [3.63, 3.8) is 0 Å². The SMILES string of the molecule is CCC(=O)Nc1cccc(NC(=O)CNc2ccc(Br)cc2)c1. The van der Waals surface area contributed by atoms with Gasteiger partial charge in [0.15, 0.2) is 0 Å². The number of amides is 2. The highest BCUT2D eigenvalue weighted by atomic mass is 79.9. The third-order valence-electron chi connectivity index (χ3n) is 3.05. The van der Waals surface area contributed by atoms with E-state index in [1.807, 2.05) is 24.3 Å². The zero-order chi connectivity index (χ0) is 16.7. The summed E-state index contributed by atoms with van der Waals surface area (Å²) in [6, 6.07) is 14.6. The van der Waals surface area contributed by atoms with Crippen LogP contribution >= 0.6 is 15.9 Å². The zero-order valence-electron chi connectivity index (χ0n) is 12.7. The van der Waals surface area contributed by atoms with E-state index in [1.54, 1.807) is 31.2 Å². The molecule has 2 rings (SSSR count). The van der Waals surface area contributed by atoms with Crippen molar-refractivity contribution in [3.05, 3.63) is 53.0 Å². The Morgan fingerprint density at radius 1 is 0.913 bits per heavy atom. The van der Waals surface area contributed by atoms with Crippen molar-refractivity contribution in [2.45, 2.75) is 13.3 Å². The van der Waals surface area contributed by atoms with E-state index >= 15 is 0 Å². The number of anilines is 3. The standard InChI is InChI=1S/C17H18BrN3O2/c1-2-16(22)20-14-4-3-5-15(10-14)21-17(23)11-19-13-8-6-12(18)7-9-13/h3-10,19H,2,11H2,1H3,(H,20,22)(H,21,23). The first-order valence-electron chi connectivity index (χ1n) is 7.26. The van der Waals surface area contributed by atoms with Crippen LogP contribution in [0, 0.1) is 0 Å². The van der Waals surface area contributed by atoms with Crippen LogP contribution in [0.4, 0.5) is 17.1 Å². The van der Waals surface area contributed by atoms with Crippen LogP contribution < -0.4 is 16.0 Å². The molecule has 2 amide bonds. The minimum absolute atomic E-state index is 0.0645. The summed E-state index contributed by atoms with van der Waals surface area (Å²) in [6.07, 6.45) is 0.410. The molecule has 0 heterocycles. The number of rotatable bonds is 6. The second-order valence-corrected chi connectivity index (χ2v) is 5.81. The van der Waals surface area contributed by atoms with Crippen LogP contribution in [0.25, 0.3) is 0 Å². The highest BCUT2D eigenvalue weighted by Crippen LogP contribution is 2.16. The average Bonchev–Trinajstić information content (AvgIpc) is 2.54. The monoisotopic (exact) mass is 375 g/mol. The molecule has 0 bridgehead atoms. The summed E-state index contributed by atoms with van der Waals surface area (Å²) < 4.78 is 0.985. The van der Waals surface area contributed by atoms with E-state index < -0.39 is 0 Å².